The van der Waals surface area contributed by atoms with Crippen LogP contribution in [0.4, 0.5) is 0 Å². The Morgan fingerprint density at radius 2 is 0.627 bits per heavy atom. The van der Waals surface area contributed by atoms with Crippen molar-refractivity contribution in [2.45, 2.75) is 245 Å². The standard InChI is InChI=1S/C44H84O7/c1-4-6-8-10-12-14-16-18-20-22-24-26-28-30-32-34-36-43(46)48-38-42(51-40-50-41(3)45)39-49-44(47)37-35-33-31-29-27-25-23-21-19-17-15-13-11-9-7-5-2/h42H,4-40H2,1-3H3. The van der Waals surface area contributed by atoms with E-state index < -0.39 is 12.1 Å². The van der Waals surface area contributed by atoms with E-state index in [4.69, 9.17) is 18.9 Å². The number of ether oxygens (including phenoxy) is 4. The first kappa shape index (κ1) is 49.4. The van der Waals surface area contributed by atoms with E-state index in [9.17, 15) is 14.4 Å². The number of carbonyl (C=O) groups is 3. The Morgan fingerprint density at radius 1 is 0.373 bits per heavy atom. The van der Waals surface area contributed by atoms with Gasteiger partial charge in [-0.1, -0.05) is 206 Å². The second-order valence-electron chi connectivity index (χ2n) is 15.0. The largest absolute Gasteiger partial charge is 0.463 e. The lowest BCUT2D eigenvalue weighted by molar-refractivity contribution is -0.174. The summed E-state index contributed by atoms with van der Waals surface area (Å²) in [6, 6.07) is 0. The van der Waals surface area contributed by atoms with Crippen molar-refractivity contribution in [2.24, 2.45) is 0 Å². The van der Waals surface area contributed by atoms with Crippen molar-refractivity contribution < 1.29 is 33.3 Å². The first-order valence-electron chi connectivity index (χ1n) is 22.1. The monoisotopic (exact) mass is 725 g/mol. The van der Waals surface area contributed by atoms with Gasteiger partial charge in [-0.25, -0.2) is 0 Å². The van der Waals surface area contributed by atoms with Crippen molar-refractivity contribution >= 4 is 17.9 Å². The highest BCUT2D eigenvalue weighted by Crippen LogP contribution is 2.16. The maximum absolute atomic E-state index is 12.3. The summed E-state index contributed by atoms with van der Waals surface area (Å²) in [7, 11) is 0. The zero-order chi connectivity index (χ0) is 37.3. The molecular weight excluding hydrogens is 640 g/mol. The highest BCUT2D eigenvalue weighted by molar-refractivity contribution is 5.69. The Labute approximate surface area is 315 Å². The second kappa shape index (κ2) is 41.1. The zero-order valence-corrected chi connectivity index (χ0v) is 34.1. The number of esters is 3. The number of hydrogen-bond donors (Lipinski definition) is 0. The van der Waals surface area contributed by atoms with Gasteiger partial charge in [0.25, 0.3) is 0 Å². The van der Waals surface area contributed by atoms with Crippen molar-refractivity contribution in [3.63, 3.8) is 0 Å². The molecule has 0 radical (unpaired) electrons. The Morgan fingerprint density at radius 3 is 0.882 bits per heavy atom. The lowest BCUT2D eigenvalue weighted by Gasteiger charge is -2.18. The van der Waals surface area contributed by atoms with Crippen molar-refractivity contribution in [3.05, 3.63) is 0 Å². The van der Waals surface area contributed by atoms with Crippen LogP contribution < -0.4 is 0 Å². The van der Waals surface area contributed by atoms with Gasteiger partial charge in [-0.05, 0) is 12.8 Å². The van der Waals surface area contributed by atoms with Crippen LogP contribution in [0.25, 0.3) is 0 Å². The molecule has 0 amide bonds. The van der Waals surface area contributed by atoms with E-state index in [0.717, 1.165) is 38.5 Å². The van der Waals surface area contributed by atoms with E-state index in [2.05, 4.69) is 13.8 Å². The molecule has 0 aliphatic rings. The van der Waals surface area contributed by atoms with Crippen molar-refractivity contribution in [2.75, 3.05) is 20.0 Å². The summed E-state index contributed by atoms with van der Waals surface area (Å²) in [4.78, 5) is 35.8. The van der Waals surface area contributed by atoms with Crippen LogP contribution in [0.2, 0.25) is 0 Å². The molecule has 0 saturated heterocycles. The van der Waals surface area contributed by atoms with Crippen LogP contribution in [0, 0.1) is 0 Å². The van der Waals surface area contributed by atoms with Crippen molar-refractivity contribution in [3.8, 4) is 0 Å². The highest BCUT2D eigenvalue weighted by atomic mass is 16.7. The molecule has 7 nitrogen and oxygen atoms in total. The molecule has 0 unspecified atom stereocenters. The van der Waals surface area contributed by atoms with Gasteiger partial charge in [0.2, 0.25) is 0 Å². The molecule has 0 aliphatic heterocycles. The van der Waals surface area contributed by atoms with Crippen LogP contribution in [0.3, 0.4) is 0 Å². The lowest BCUT2D eigenvalue weighted by atomic mass is 10.0. The Balaban J connectivity index is 3.81. The summed E-state index contributed by atoms with van der Waals surface area (Å²) in [5, 5.41) is 0. The summed E-state index contributed by atoms with van der Waals surface area (Å²) < 4.78 is 21.2. The van der Waals surface area contributed by atoms with E-state index in [-0.39, 0.29) is 31.9 Å². The summed E-state index contributed by atoms with van der Waals surface area (Å²) in [5.41, 5.74) is 0. The number of unbranched alkanes of at least 4 members (excludes halogenated alkanes) is 30. The first-order chi connectivity index (χ1) is 25.0. The van der Waals surface area contributed by atoms with Gasteiger partial charge in [-0.15, -0.1) is 0 Å². The Bertz CT molecular complexity index is 704. The second-order valence-corrected chi connectivity index (χ2v) is 15.0. The number of rotatable bonds is 41. The maximum atomic E-state index is 12.3. The molecule has 0 heterocycles. The van der Waals surface area contributed by atoms with E-state index in [0.29, 0.717) is 12.8 Å². The van der Waals surface area contributed by atoms with E-state index >= 15 is 0 Å². The van der Waals surface area contributed by atoms with Gasteiger partial charge in [-0.3, -0.25) is 14.4 Å². The molecule has 0 aromatic carbocycles. The molecule has 0 atom stereocenters. The van der Waals surface area contributed by atoms with Gasteiger partial charge < -0.3 is 18.9 Å². The van der Waals surface area contributed by atoms with Gasteiger partial charge in [0, 0.05) is 19.8 Å². The minimum absolute atomic E-state index is 0.0364. The highest BCUT2D eigenvalue weighted by Gasteiger charge is 2.16. The molecule has 0 N–H and O–H groups in total. The quantitative estimate of drug-likeness (QED) is 0.0268. The predicted octanol–water partition coefficient (Wildman–Crippen LogP) is 13.3. The molecule has 0 aromatic heterocycles. The molecule has 51 heavy (non-hydrogen) atoms. The third-order valence-electron chi connectivity index (χ3n) is 9.90. The Kier molecular flexibility index (Phi) is 39.8. The lowest BCUT2D eigenvalue weighted by Crippen LogP contribution is -2.29. The summed E-state index contributed by atoms with van der Waals surface area (Å²) in [6.07, 6.45) is 41.3. The van der Waals surface area contributed by atoms with E-state index in [1.165, 1.54) is 174 Å². The van der Waals surface area contributed by atoms with Gasteiger partial charge in [0.05, 0.1) is 0 Å². The molecule has 0 spiro atoms. The van der Waals surface area contributed by atoms with Crippen LogP contribution in [-0.4, -0.2) is 44.0 Å². The molecule has 0 fully saturated rings. The molecule has 302 valence electrons. The molecule has 0 aromatic rings. The van der Waals surface area contributed by atoms with Crippen LogP contribution in [-0.2, 0) is 33.3 Å². The normalized spacial score (nSPS) is 11.3. The molecule has 7 heteroatoms. The van der Waals surface area contributed by atoms with Crippen molar-refractivity contribution in [1.29, 1.82) is 0 Å². The van der Waals surface area contributed by atoms with Crippen LogP contribution in [0.15, 0.2) is 0 Å². The van der Waals surface area contributed by atoms with Crippen LogP contribution in [0.5, 0.6) is 0 Å². The smallest absolute Gasteiger partial charge is 0.305 e. The summed E-state index contributed by atoms with van der Waals surface area (Å²) >= 11 is 0. The maximum Gasteiger partial charge on any atom is 0.305 e. The van der Waals surface area contributed by atoms with Gasteiger partial charge in [0.15, 0.2) is 6.79 Å². The minimum Gasteiger partial charge on any atom is -0.463 e. The average molecular weight is 725 g/mol. The fourth-order valence-corrected chi connectivity index (χ4v) is 6.51. The first-order valence-corrected chi connectivity index (χ1v) is 22.1. The number of hydrogen-bond acceptors (Lipinski definition) is 7. The van der Waals surface area contributed by atoms with Gasteiger partial charge in [-0.2, -0.15) is 0 Å². The van der Waals surface area contributed by atoms with Crippen molar-refractivity contribution in [1.82, 2.24) is 0 Å². The summed E-state index contributed by atoms with van der Waals surface area (Å²) in [6.45, 7) is 5.50. The molecular formula is C44H84O7. The Hall–Kier alpha value is -1.63. The SMILES string of the molecule is CCCCCCCCCCCCCCCCCCC(=O)OCC(COC(=O)CCCCCCCCCCCCCCCCCC)OCOC(C)=O. The zero-order valence-electron chi connectivity index (χ0n) is 34.1. The fraction of sp³-hybridized carbons (Fsp3) is 0.932. The van der Waals surface area contributed by atoms with E-state index in [1.807, 2.05) is 0 Å². The topological polar surface area (TPSA) is 88.1 Å². The summed E-state index contributed by atoms with van der Waals surface area (Å²) in [5.74, 6) is -1.02. The molecule has 0 bridgehead atoms. The fourth-order valence-electron chi connectivity index (χ4n) is 6.51. The predicted molar refractivity (Wildman–Crippen MR) is 212 cm³/mol. The van der Waals surface area contributed by atoms with E-state index in [1.54, 1.807) is 0 Å². The van der Waals surface area contributed by atoms with Crippen LogP contribution >= 0.6 is 0 Å². The average Bonchev–Trinajstić information content (AvgIpc) is 3.12. The third kappa shape index (κ3) is 41.0. The third-order valence-corrected chi connectivity index (χ3v) is 9.90. The van der Waals surface area contributed by atoms with Crippen LogP contribution in [0.1, 0.15) is 239 Å². The number of carbonyl (C=O) groups excluding carboxylic acids is 3. The molecule has 0 saturated carbocycles. The van der Waals surface area contributed by atoms with Gasteiger partial charge in [0.1, 0.15) is 19.3 Å². The molecule has 0 aliphatic carbocycles. The van der Waals surface area contributed by atoms with Gasteiger partial charge >= 0.3 is 17.9 Å². The minimum atomic E-state index is -0.672. The molecule has 0 rings (SSSR count).